The SMILES string of the molecule is CNc1ccc(-c2ccc3c(CCN(CC(=O)O)C4CCS(=O)(=O)CC4)cn(-c4cnn(C)c4)c3n2)cc1F. The van der Waals surface area contributed by atoms with Gasteiger partial charge in [-0.1, -0.05) is 6.07 Å². The number of fused-ring (bicyclic) bond motifs is 1. The molecular formula is C27H31FN6O4S. The highest BCUT2D eigenvalue weighted by Gasteiger charge is 2.29. The molecule has 10 nitrogen and oxygen atoms in total. The highest BCUT2D eigenvalue weighted by atomic mass is 32.2. The first-order valence-electron chi connectivity index (χ1n) is 12.8. The molecule has 0 saturated carbocycles. The number of halogens is 1. The number of carboxylic acid groups (broad SMARTS) is 1. The van der Waals surface area contributed by atoms with Crippen molar-refractivity contribution in [2.75, 3.05) is 37.0 Å². The number of hydrogen-bond donors (Lipinski definition) is 2. The minimum absolute atomic E-state index is 0.0800. The molecule has 0 amide bonds. The zero-order chi connectivity index (χ0) is 27.7. The first-order chi connectivity index (χ1) is 18.6. The number of aliphatic carboxylic acids is 1. The fourth-order valence-electron chi connectivity index (χ4n) is 5.21. The van der Waals surface area contributed by atoms with Crippen LogP contribution in [0.15, 0.2) is 48.9 Å². The Morgan fingerprint density at radius 2 is 1.97 bits per heavy atom. The van der Waals surface area contributed by atoms with E-state index in [-0.39, 0.29) is 29.9 Å². The van der Waals surface area contributed by atoms with Crippen molar-refractivity contribution in [2.45, 2.75) is 25.3 Å². The lowest BCUT2D eigenvalue weighted by Crippen LogP contribution is -2.44. The second-order valence-electron chi connectivity index (χ2n) is 9.91. The molecule has 1 aliphatic rings. The van der Waals surface area contributed by atoms with E-state index in [1.807, 2.05) is 47.1 Å². The molecule has 0 aliphatic carbocycles. The van der Waals surface area contributed by atoms with Gasteiger partial charge in [0.15, 0.2) is 0 Å². The molecule has 3 aromatic heterocycles. The van der Waals surface area contributed by atoms with Crippen LogP contribution in [0, 0.1) is 5.82 Å². The Labute approximate surface area is 226 Å². The van der Waals surface area contributed by atoms with E-state index in [1.54, 1.807) is 24.0 Å². The fourth-order valence-corrected chi connectivity index (χ4v) is 6.67. The van der Waals surface area contributed by atoms with Gasteiger partial charge in [-0.3, -0.25) is 18.9 Å². The van der Waals surface area contributed by atoms with Crippen LogP contribution in [0.1, 0.15) is 18.4 Å². The van der Waals surface area contributed by atoms with Crippen LogP contribution in [-0.2, 0) is 28.1 Å². The predicted octanol–water partition coefficient (Wildman–Crippen LogP) is 3.11. The van der Waals surface area contributed by atoms with Crippen molar-refractivity contribution >= 4 is 32.5 Å². The summed E-state index contributed by atoms with van der Waals surface area (Å²) < 4.78 is 41.9. The molecule has 0 atom stereocenters. The first kappa shape index (κ1) is 26.8. The van der Waals surface area contributed by atoms with Crippen LogP contribution < -0.4 is 5.32 Å². The third-order valence-corrected chi connectivity index (χ3v) is 9.00. The Kier molecular flexibility index (Phi) is 7.41. The van der Waals surface area contributed by atoms with Gasteiger partial charge in [0.05, 0.1) is 41.3 Å². The monoisotopic (exact) mass is 554 g/mol. The molecular weight excluding hydrogens is 523 g/mol. The molecule has 4 heterocycles. The van der Waals surface area contributed by atoms with Crippen LogP contribution >= 0.6 is 0 Å². The number of rotatable bonds is 9. The number of pyridine rings is 1. The highest BCUT2D eigenvalue weighted by Crippen LogP contribution is 2.29. The van der Waals surface area contributed by atoms with Crippen LogP contribution in [0.3, 0.4) is 0 Å². The van der Waals surface area contributed by atoms with Gasteiger partial charge in [-0.25, -0.2) is 17.8 Å². The summed E-state index contributed by atoms with van der Waals surface area (Å²) in [7, 11) is 0.440. The molecule has 0 bridgehead atoms. The van der Waals surface area contributed by atoms with E-state index in [2.05, 4.69) is 10.4 Å². The number of carbonyl (C=O) groups is 1. The van der Waals surface area contributed by atoms with Gasteiger partial charge in [0.25, 0.3) is 0 Å². The molecule has 1 fully saturated rings. The first-order valence-corrected chi connectivity index (χ1v) is 14.6. The zero-order valence-corrected chi connectivity index (χ0v) is 22.7. The minimum Gasteiger partial charge on any atom is -0.480 e. The van der Waals surface area contributed by atoms with Gasteiger partial charge in [0.2, 0.25) is 0 Å². The van der Waals surface area contributed by atoms with Crippen LogP contribution in [0.4, 0.5) is 10.1 Å². The second kappa shape index (κ2) is 10.8. The van der Waals surface area contributed by atoms with Crippen molar-refractivity contribution in [3.8, 4) is 16.9 Å². The number of aryl methyl sites for hydroxylation is 1. The number of nitrogens with one attached hydrogen (secondary N) is 1. The van der Waals surface area contributed by atoms with Crippen molar-refractivity contribution in [3.63, 3.8) is 0 Å². The normalized spacial score (nSPS) is 15.7. The minimum atomic E-state index is -3.05. The quantitative estimate of drug-likeness (QED) is 0.324. The third kappa shape index (κ3) is 5.81. The summed E-state index contributed by atoms with van der Waals surface area (Å²) in [5.41, 5.74) is 4.14. The standard InChI is InChI=1S/C27H31FN6O4S/c1-29-25-5-3-18(13-23(25)28)24-6-4-22-19(15-34(27(22)31-24)21-14-30-32(2)16-21)7-10-33(17-26(35)36)20-8-11-39(37,38)12-9-20/h3-6,13-16,20,29H,7-12,17H2,1-2H3,(H,35,36). The number of hydrogen-bond acceptors (Lipinski definition) is 7. The number of aromatic nitrogens is 4. The Morgan fingerprint density at radius 1 is 1.21 bits per heavy atom. The summed E-state index contributed by atoms with van der Waals surface area (Å²) in [4.78, 5) is 18.4. The van der Waals surface area contributed by atoms with E-state index in [4.69, 9.17) is 4.98 Å². The highest BCUT2D eigenvalue weighted by molar-refractivity contribution is 7.91. The van der Waals surface area contributed by atoms with E-state index >= 15 is 0 Å². The molecule has 2 N–H and O–H groups in total. The average molecular weight is 555 g/mol. The predicted molar refractivity (Wildman–Crippen MR) is 147 cm³/mol. The maximum atomic E-state index is 14.5. The lowest BCUT2D eigenvalue weighted by molar-refractivity contribution is -0.139. The molecule has 1 aromatic carbocycles. The molecule has 206 valence electrons. The topological polar surface area (TPSA) is 122 Å². The maximum absolute atomic E-state index is 14.5. The number of anilines is 1. The lowest BCUT2D eigenvalue weighted by Gasteiger charge is -2.33. The Bertz CT molecular complexity index is 1620. The Balaban J connectivity index is 1.49. The summed E-state index contributed by atoms with van der Waals surface area (Å²) >= 11 is 0. The fraction of sp³-hybridized carbons (Fsp3) is 0.370. The molecule has 0 spiro atoms. The number of carboxylic acids is 1. The van der Waals surface area contributed by atoms with Crippen molar-refractivity contribution in [1.82, 2.24) is 24.2 Å². The zero-order valence-electron chi connectivity index (χ0n) is 21.8. The number of sulfone groups is 1. The van der Waals surface area contributed by atoms with Gasteiger partial charge in [-0.2, -0.15) is 5.10 Å². The van der Waals surface area contributed by atoms with E-state index in [9.17, 15) is 22.7 Å². The van der Waals surface area contributed by atoms with E-state index < -0.39 is 15.8 Å². The molecule has 4 aromatic rings. The summed E-state index contributed by atoms with van der Waals surface area (Å²) in [5, 5.41) is 17.5. The van der Waals surface area contributed by atoms with E-state index in [0.717, 1.165) is 16.6 Å². The van der Waals surface area contributed by atoms with Crippen molar-refractivity contribution in [3.05, 3.63) is 60.3 Å². The van der Waals surface area contributed by atoms with Crippen LogP contribution in [0.25, 0.3) is 28.0 Å². The third-order valence-electron chi connectivity index (χ3n) is 7.29. The molecule has 5 rings (SSSR count). The van der Waals surface area contributed by atoms with Crippen molar-refractivity contribution in [2.24, 2.45) is 7.05 Å². The summed E-state index contributed by atoms with van der Waals surface area (Å²) in [6.07, 6.45) is 7.00. The smallest absolute Gasteiger partial charge is 0.317 e. The lowest BCUT2D eigenvalue weighted by atomic mass is 10.1. The van der Waals surface area contributed by atoms with Gasteiger partial charge >= 0.3 is 5.97 Å². The van der Waals surface area contributed by atoms with Gasteiger partial charge in [0, 0.05) is 50.0 Å². The summed E-state index contributed by atoms with van der Waals surface area (Å²) in [6.45, 7) is 0.310. The Hall–Kier alpha value is -3.77. The number of benzene rings is 1. The van der Waals surface area contributed by atoms with E-state index in [1.165, 1.54) is 6.07 Å². The van der Waals surface area contributed by atoms with Crippen molar-refractivity contribution in [1.29, 1.82) is 0 Å². The second-order valence-corrected chi connectivity index (χ2v) is 12.2. The molecule has 12 heteroatoms. The summed E-state index contributed by atoms with van der Waals surface area (Å²) in [6, 6.07) is 8.65. The van der Waals surface area contributed by atoms with Gasteiger partial charge in [0.1, 0.15) is 21.3 Å². The molecule has 1 saturated heterocycles. The average Bonchev–Trinajstić information content (AvgIpc) is 3.49. The summed E-state index contributed by atoms with van der Waals surface area (Å²) in [5.74, 6) is -1.15. The van der Waals surface area contributed by atoms with Crippen molar-refractivity contribution < 1.29 is 22.7 Å². The Morgan fingerprint density at radius 3 is 2.62 bits per heavy atom. The van der Waals surface area contributed by atoms with Gasteiger partial charge in [-0.15, -0.1) is 0 Å². The molecule has 39 heavy (non-hydrogen) atoms. The molecule has 1 aliphatic heterocycles. The van der Waals surface area contributed by atoms with Crippen LogP contribution in [0.2, 0.25) is 0 Å². The molecule has 0 radical (unpaired) electrons. The largest absolute Gasteiger partial charge is 0.480 e. The van der Waals surface area contributed by atoms with Gasteiger partial charge in [-0.05, 0) is 49.1 Å². The van der Waals surface area contributed by atoms with E-state index in [0.29, 0.717) is 48.4 Å². The maximum Gasteiger partial charge on any atom is 0.317 e. The van der Waals surface area contributed by atoms with Crippen LogP contribution in [-0.4, -0.2) is 81.4 Å². The molecule has 0 unspecified atom stereocenters. The van der Waals surface area contributed by atoms with Gasteiger partial charge < -0.3 is 10.4 Å². The number of nitrogens with zero attached hydrogens (tertiary/aromatic N) is 5. The van der Waals surface area contributed by atoms with Crippen LogP contribution in [0.5, 0.6) is 0 Å².